The first-order valence-corrected chi connectivity index (χ1v) is 9.77. The summed E-state index contributed by atoms with van der Waals surface area (Å²) in [6.45, 7) is 0. The Morgan fingerprint density at radius 2 is 1.85 bits per heavy atom. The van der Waals surface area contributed by atoms with Crippen LogP contribution >= 0.6 is 11.3 Å². The maximum Gasteiger partial charge on any atom is 0.225 e. The number of benzene rings is 1. The van der Waals surface area contributed by atoms with Crippen LogP contribution in [0.25, 0.3) is 0 Å². The Balaban J connectivity index is 1.49. The lowest BCUT2D eigenvalue weighted by molar-refractivity contribution is -0.121. The fraction of sp³-hybridized carbons (Fsp3) is 0.450. The number of amides is 1. The number of para-hydroxylation sites is 1. The van der Waals surface area contributed by atoms with E-state index in [1.807, 2.05) is 35.7 Å². The van der Waals surface area contributed by atoms with E-state index < -0.39 is 0 Å². The van der Waals surface area contributed by atoms with Crippen LogP contribution in [0.2, 0.25) is 0 Å². The molecule has 1 fully saturated rings. The molecule has 1 aromatic heterocycles. The number of carbonyl (C=O) groups is 1. The first-order chi connectivity index (χ1) is 12.7. The fourth-order valence-corrected chi connectivity index (χ4v) is 4.01. The van der Waals surface area contributed by atoms with Crippen LogP contribution in [-0.2, 0) is 11.2 Å². The van der Waals surface area contributed by atoms with E-state index in [-0.39, 0.29) is 18.1 Å². The molecule has 0 spiro atoms. The Bertz CT molecular complexity index is 709. The zero-order chi connectivity index (χ0) is 18.4. The molecule has 140 valence electrons. The number of nitrogens with one attached hydrogen (secondary N) is 1. The summed E-state index contributed by atoms with van der Waals surface area (Å²) in [6, 6.07) is 9.85. The first kappa shape index (κ1) is 18.6. The van der Waals surface area contributed by atoms with Gasteiger partial charge in [0.25, 0.3) is 0 Å². The van der Waals surface area contributed by atoms with Crippen LogP contribution in [0, 0.1) is 0 Å². The number of ether oxygens (including phenoxy) is 3. The number of carbonyl (C=O) groups excluding carboxylic acids is 1. The zero-order valence-corrected chi connectivity index (χ0v) is 16.0. The second kappa shape index (κ2) is 8.94. The van der Waals surface area contributed by atoms with Gasteiger partial charge in [0.15, 0.2) is 11.5 Å². The molecule has 0 bridgehead atoms. The lowest BCUT2D eigenvalue weighted by Crippen LogP contribution is -2.40. The number of rotatable bonds is 7. The second-order valence-corrected chi connectivity index (χ2v) is 7.44. The Morgan fingerprint density at radius 1 is 1.08 bits per heavy atom. The number of hydrogen-bond acceptors (Lipinski definition) is 5. The third-order valence-corrected chi connectivity index (χ3v) is 5.49. The van der Waals surface area contributed by atoms with Crippen molar-refractivity contribution < 1.29 is 19.0 Å². The number of hydrogen-bond donors (Lipinski definition) is 1. The van der Waals surface area contributed by atoms with E-state index >= 15 is 0 Å². The van der Waals surface area contributed by atoms with Crippen molar-refractivity contribution in [2.24, 2.45) is 0 Å². The standard InChI is InChI=1S/C20H25NO4S/c1-23-17-6-3-7-18(20(17)24-2)25-15-10-8-14(9-11-15)21-19(22)13-16-5-4-12-26-16/h3-7,12,14-15H,8-11,13H2,1-2H3,(H,21,22). The van der Waals surface area contributed by atoms with Crippen molar-refractivity contribution in [2.45, 2.75) is 44.2 Å². The average Bonchev–Trinajstić information content (AvgIpc) is 3.16. The van der Waals surface area contributed by atoms with Crippen molar-refractivity contribution in [3.05, 3.63) is 40.6 Å². The summed E-state index contributed by atoms with van der Waals surface area (Å²) >= 11 is 1.62. The molecule has 1 aliphatic rings. The van der Waals surface area contributed by atoms with E-state index in [9.17, 15) is 4.79 Å². The molecule has 1 aromatic carbocycles. The van der Waals surface area contributed by atoms with Gasteiger partial charge < -0.3 is 19.5 Å². The summed E-state index contributed by atoms with van der Waals surface area (Å²) in [5.74, 6) is 2.10. The number of methoxy groups -OCH3 is 2. The molecule has 1 heterocycles. The van der Waals surface area contributed by atoms with E-state index in [0.717, 1.165) is 30.6 Å². The van der Waals surface area contributed by atoms with Crippen LogP contribution in [0.15, 0.2) is 35.7 Å². The van der Waals surface area contributed by atoms with Gasteiger partial charge >= 0.3 is 0 Å². The monoisotopic (exact) mass is 375 g/mol. The third kappa shape index (κ3) is 4.69. The molecular weight excluding hydrogens is 350 g/mol. The Kier molecular flexibility index (Phi) is 6.39. The molecule has 0 atom stereocenters. The molecule has 3 rings (SSSR count). The summed E-state index contributed by atoms with van der Waals surface area (Å²) in [7, 11) is 3.23. The molecule has 2 aromatic rings. The van der Waals surface area contributed by atoms with Gasteiger partial charge in [-0.1, -0.05) is 12.1 Å². The fourth-order valence-electron chi connectivity index (χ4n) is 3.31. The second-order valence-electron chi connectivity index (χ2n) is 6.41. The third-order valence-electron chi connectivity index (χ3n) is 4.61. The normalized spacial score (nSPS) is 19.6. The van der Waals surface area contributed by atoms with Crippen LogP contribution in [-0.4, -0.2) is 32.3 Å². The van der Waals surface area contributed by atoms with Gasteiger partial charge in [-0.05, 0) is 49.3 Å². The Hall–Kier alpha value is -2.21. The summed E-state index contributed by atoms with van der Waals surface area (Å²) in [5.41, 5.74) is 0. The van der Waals surface area contributed by atoms with E-state index in [2.05, 4.69) is 5.32 Å². The Labute approximate surface area is 158 Å². The molecule has 0 aliphatic heterocycles. The minimum atomic E-state index is 0.103. The Morgan fingerprint density at radius 3 is 2.50 bits per heavy atom. The van der Waals surface area contributed by atoms with Crippen molar-refractivity contribution in [2.75, 3.05) is 14.2 Å². The quantitative estimate of drug-likeness (QED) is 0.799. The van der Waals surface area contributed by atoms with Crippen LogP contribution in [0.5, 0.6) is 17.2 Å². The van der Waals surface area contributed by atoms with E-state index in [0.29, 0.717) is 23.7 Å². The largest absolute Gasteiger partial charge is 0.493 e. The van der Waals surface area contributed by atoms with Crippen molar-refractivity contribution in [1.82, 2.24) is 5.32 Å². The van der Waals surface area contributed by atoms with Crippen molar-refractivity contribution in [3.8, 4) is 17.2 Å². The first-order valence-electron chi connectivity index (χ1n) is 8.89. The summed E-state index contributed by atoms with van der Waals surface area (Å²) < 4.78 is 16.9. The molecule has 1 amide bonds. The van der Waals surface area contributed by atoms with Crippen molar-refractivity contribution in [3.63, 3.8) is 0 Å². The van der Waals surface area contributed by atoms with Crippen LogP contribution in [0.4, 0.5) is 0 Å². The summed E-state index contributed by atoms with van der Waals surface area (Å²) in [6.07, 6.45) is 4.26. The highest BCUT2D eigenvalue weighted by molar-refractivity contribution is 7.10. The molecule has 0 radical (unpaired) electrons. The molecule has 1 N–H and O–H groups in total. The zero-order valence-electron chi connectivity index (χ0n) is 15.2. The highest BCUT2D eigenvalue weighted by Gasteiger charge is 2.25. The van der Waals surface area contributed by atoms with Gasteiger partial charge in [-0.2, -0.15) is 0 Å². The van der Waals surface area contributed by atoms with Gasteiger partial charge in [0, 0.05) is 10.9 Å². The molecule has 6 heteroatoms. The maximum absolute atomic E-state index is 12.1. The van der Waals surface area contributed by atoms with Crippen molar-refractivity contribution in [1.29, 1.82) is 0 Å². The summed E-state index contributed by atoms with van der Waals surface area (Å²) in [5, 5.41) is 5.15. The lowest BCUT2D eigenvalue weighted by atomic mass is 9.92. The minimum Gasteiger partial charge on any atom is -0.493 e. The van der Waals surface area contributed by atoms with Crippen LogP contribution in [0.3, 0.4) is 0 Å². The van der Waals surface area contributed by atoms with Crippen LogP contribution in [0.1, 0.15) is 30.6 Å². The van der Waals surface area contributed by atoms with Crippen molar-refractivity contribution >= 4 is 17.2 Å². The molecule has 0 saturated heterocycles. The molecule has 1 saturated carbocycles. The molecule has 0 unspecified atom stereocenters. The van der Waals surface area contributed by atoms with Gasteiger partial charge in [0.05, 0.1) is 26.7 Å². The predicted molar refractivity (Wildman–Crippen MR) is 102 cm³/mol. The van der Waals surface area contributed by atoms with Gasteiger partial charge in [-0.25, -0.2) is 0 Å². The summed E-state index contributed by atoms with van der Waals surface area (Å²) in [4.78, 5) is 13.2. The maximum atomic E-state index is 12.1. The topological polar surface area (TPSA) is 56.8 Å². The van der Waals surface area contributed by atoms with Gasteiger partial charge in [-0.3, -0.25) is 4.79 Å². The van der Waals surface area contributed by atoms with E-state index in [1.165, 1.54) is 0 Å². The van der Waals surface area contributed by atoms with E-state index in [4.69, 9.17) is 14.2 Å². The van der Waals surface area contributed by atoms with Gasteiger partial charge in [-0.15, -0.1) is 11.3 Å². The van der Waals surface area contributed by atoms with Gasteiger partial charge in [0.1, 0.15) is 0 Å². The number of thiophene rings is 1. The predicted octanol–water partition coefficient (Wildman–Crippen LogP) is 3.81. The smallest absolute Gasteiger partial charge is 0.225 e. The van der Waals surface area contributed by atoms with E-state index in [1.54, 1.807) is 25.6 Å². The minimum absolute atomic E-state index is 0.103. The molecule has 26 heavy (non-hydrogen) atoms. The van der Waals surface area contributed by atoms with Gasteiger partial charge in [0.2, 0.25) is 11.7 Å². The highest BCUT2D eigenvalue weighted by atomic mass is 32.1. The highest BCUT2D eigenvalue weighted by Crippen LogP contribution is 2.38. The molecule has 5 nitrogen and oxygen atoms in total. The lowest BCUT2D eigenvalue weighted by Gasteiger charge is -2.30. The SMILES string of the molecule is COc1cccc(OC2CCC(NC(=O)Cc3cccs3)CC2)c1OC. The van der Waals surface area contributed by atoms with Crippen LogP contribution < -0.4 is 19.5 Å². The molecule has 1 aliphatic carbocycles. The molecular formula is C20H25NO4S. The average molecular weight is 375 g/mol.